The summed E-state index contributed by atoms with van der Waals surface area (Å²) in [7, 11) is -4.05. The summed E-state index contributed by atoms with van der Waals surface area (Å²) in [6.45, 7) is 4.96. The van der Waals surface area contributed by atoms with Gasteiger partial charge >= 0.3 is 5.97 Å². The van der Waals surface area contributed by atoms with Crippen molar-refractivity contribution in [2.75, 3.05) is 10.8 Å². The van der Waals surface area contributed by atoms with E-state index in [0.717, 1.165) is 10.4 Å². The number of anilines is 1. The zero-order valence-electron chi connectivity index (χ0n) is 16.3. The maximum Gasteiger partial charge on any atom is 0.340 e. The lowest BCUT2D eigenvalue weighted by Crippen LogP contribution is -2.31. The molecule has 0 amide bonds. The number of sulfonamides is 1. The predicted octanol–water partition coefficient (Wildman–Crippen LogP) is 4.42. The number of hydrogen-bond donors (Lipinski definition) is 0. The summed E-state index contributed by atoms with van der Waals surface area (Å²) in [6, 6.07) is 10.1. The van der Waals surface area contributed by atoms with E-state index in [1.807, 2.05) is 0 Å². The van der Waals surface area contributed by atoms with Crippen LogP contribution in [0.15, 0.2) is 64.5 Å². The number of nitrogens with zero attached hydrogens (tertiary/aromatic N) is 3. The molecule has 0 aliphatic heterocycles. The molecule has 0 radical (unpaired) electrons. The quantitative estimate of drug-likeness (QED) is 0.346. The molecule has 162 valence electrons. The third-order valence-corrected chi connectivity index (χ3v) is 6.42. The number of hydrogen-bond acceptors (Lipinski definition) is 7. The van der Waals surface area contributed by atoms with E-state index >= 15 is 0 Å². The summed E-state index contributed by atoms with van der Waals surface area (Å²) >= 11 is 12.0. The molecule has 2 aromatic carbocycles. The lowest BCUT2D eigenvalue weighted by Gasteiger charge is -2.23. The van der Waals surface area contributed by atoms with Gasteiger partial charge in [0.15, 0.2) is 12.4 Å². The van der Waals surface area contributed by atoms with Crippen molar-refractivity contribution in [2.45, 2.75) is 18.4 Å². The lowest BCUT2D eigenvalue weighted by molar-refractivity contribution is 0.0429. The van der Waals surface area contributed by atoms with Crippen LogP contribution in [0.1, 0.15) is 22.1 Å². The molecule has 0 bridgehead atoms. The zero-order valence-corrected chi connectivity index (χ0v) is 18.6. The molecule has 0 fully saturated rings. The van der Waals surface area contributed by atoms with Crippen molar-refractivity contribution in [3.63, 3.8) is 0 Å². The van der Waals surface area contributed by atoms with E-state index in [4.69, 9.17) is 32.5 Å². The van der Waals surface area contributed by atoms with Crippen molar-refractivity contribution in [1.82, 2.24) is 10.1 Å². The average Bonchev–Trinajstić information content (AvgIpc) is 3.16. The van der Waals surface area contributed by atoms with Crippen LogP contribution in [-0.2, 0) is 21.4 Å². The topological polar surface area (TPSA) is 103 Å². The molecular formula is C20H17Cl2N3O5S. The zero-order chi connectivity index (χ0) is 22.6. The normalized spacial score (nSPS) is 11.2. The molecule has 31 heavy (non-hydrogen) atoms. The maximum absolute atomic E-state index is 13.3. The Morgan fingerprint density at radius 2 is 1.94 bits per heavy atom. The van der Waals surface area contributed by atoms with Crippen LogP contribution in [0.25, 0.3) is 0 Å². The van der Waals surface area contributed by atoms with Gasteiger partial charge in [-0.05, 0) is 49.4 Å². The van der Waals surface area contributed by atoms with Gasteiger partial charge < -0.3 is 9.26 Å². The molecule has 11 heteroatoms. The molecule has 3 rings (SSSR count). The van der Waals surface area contributed by atoms with E-state index < -0.39 is 16.0 Å². The van der Waals surface area contributed by atoms with Crippen molar-refractivity contribution in [2.24, 2.45) is 0 Å². The maximum atomic E-state index is 13.3. The molecule has 0 atom stereocenters. The van der Waals surface area contributed by atoms with Gasteiger partial charge in [-0.2, -0.15) is 4.98 Å². The second kappa shape index (κ2) is 9.51. The van der Waals surface area contributed by atoms with E-state index in [2.05, 4.69) is 16.7 Å². The number of halogens is 2. The molecule has 8 nitrogen and oxygen atoms in total. The Morgan fingerprint density at radius 3 is 2.55 bits per heavy atom. The number of aromatic nitrogens is 2. The minimum Gasteiger partial charge on any atom is -0.452 e. The standard InChI is InChI=1S/C20H17Cl2N3O5S/c1-3-10-25(15-6-4-14(21)5-7-15)31(27,28)16-8-9-18(22)17(11-16)20(26)29-12-19-23-13(2)24-30-19/h3-9,11H,1,10,12H2,2H3. The van der Waals surface area contributed by atoms with Crippen LogP contribution in [-0.4, -0.2) is 31.1 Å². The Bertz CT molecular complexity index is 1210. The highest BCUT2D eigenvalue weighted by molar-refractivity contribution is 7.92. The summed E-state index contributed by atoms with van der Waals surface area (Å²) < 4.78 is 37.7. The van der Waals surface area contributed by atoms with Gasteiger partial charge in [-0.3, -0.25) is 4.31 Å². The van der Waals surface area contributed by atoms with Crippen LogP contribution >= 0.6 is 23.2 Å². The number of aryl methyl sites for hydroxylation is 1. The SMILES string of the molecule is C=CCN(c1ccc(Cl)cc1)S(=O)(=O)c1ccc(Cl)c(C(=O)OCc2nc(C)no2)c1. The minimum absolute atomic E-state index is 0.00286. The second-order valence-corrected chi connectivity index (χ2v) is 8.96. The molecule has 1 heterocycles. The summed E-state index contributed by atoms with van der Waals surface area (Å²) in [5.41, 5.74) is 0.267. The monoisotopic (exact) mass is 481 g/mol. The van der Waals surface area contributed by atoms with Crippen molar-refractivity contribution in [3.05, 3.63) is 82.4 Å². The summed E-state index contributed by atoms with van der Waals surface area (Å²) in [5.74, 6) is -0.341. The smallest absolute Gasteiger partial charge is 0.340 e. The van der Waals surface area contributed by atoms with E-state index in [1.54, 1.807) is 31.2 Å². The predicted molar refractivity (Wildman–Crippen MR) is 116 cm³/mol. The van der Waals surface area contributed by atoms with Crippen molar-refractivity contribution < 1.29 is 22.5 Å². The van der Waals surface area contributed by atoms with Crippen LogP contribution < -0.4 is 4.31 Å². The van der Waals surface area contributed by atoms with Crippen LogP contribution in [0.5, 0.6) is 0 Å². The third-order valence-electron chi connectivity index (χ3n) is 4.05. The second-order valence-electron chi connectivity index (χ2n) is 6.25. The van der Waals surface area contributed by atoms with Gasteiger partial charge in [0, 0.05) is 5.02 Å². The highest BCUT2D eigenvalue weighted by atomic mass is 35.5. The fraction of sp³-hybridized carbons (Fsp3) is 0.150. The molecule has 0 spiro atoms. The first-order valence-corrected chi connectivity index (χ1v) is 11.1. The van der Waals surface area contributed by atoms with Gasteiger partial charge in [-0.15, -0.1) is 6.58 Å². The first-order valence-electron chi connectivity index (χ1n) is 8.87. The Morgan fingerprint density at radius 1 is 1.23 bits per heavy atom. The molecule has 0 unspecified atom stereocenters. The lowest BCUT2D eigenvalue weighted by atomic mass is 10.2. The average molecular weight is 482 g/mol. The molecule has 0 aliphatic carbocycles. The Balaban J connectivity index is 1.91. The van der Waals surface area contributed by atoms with E-state index in [9.17, 15) is 13.2 Å². The van der Waals surface area contributed by atoms with E-state index in [0.29, 0.717) is 16.5 Å². The molecule has 0 N–H and O–H groups in total. The van der Waals surface area contributed by atoms with E-state index in [1.165, 1.54) is 18.2 Å². The van der Waals surface area contributed by atoms with Crippen LogP contribution in [0.4, 0.5) is 5.69 Å². The number of rotatable bonds is 8. The first-order chi connectivity index (χ1) is 14.7. The van der Waals surface area contributed by atoms with Crippen LogP contribution in [0.3, 0.4) is 0 Å². The minimum atomic E-state index is -4.05. The number of carbonyl (C=O) groups excluding carboxylic acids is 1. The first kappa shape index (κ1) is 22.8. The van der Waals surface area contributed by atoms with Gasteiger partial charge in [0.1, 0.15) is 0 Å². The van der Waals surface area contributed by atoms with Gasteiger partial charge in [-0.1, -0.05) is 34.4 Å². The molecule has 0 saturated heterocycles. The largest absolute Gasteiger partial charge is 0.452 e. The number of esters is 1. The molecular weight excluding hydrogens is 465 g/mol. The number of carbonyl (C=O) groups is 1. The Labute approximate surface area is 189 Å². The molecule has 3 aromatic rings. The van der Waals surface area contributed by atoms with Gasteiger partial charge in [0.2, 0.25) is 0 Å². The Kier molecular flexibility index (Phi) is 6.99. The van der Waals surface area contributed by atoms with Crippen LogP contribution in [0, 0.1) is 6.92 Å². The highest BCUT2D eigenvalue weighted by Gasteiger charge is 2.26. The van der Waals surface area contributed by atoms with Crippen molar-refractivity contribution in [1.29, 1.82) is 0 Å². The highest BCUT2D eigenvalue weighted by Crippen LogP contribution is 2.28. The summed E-state index contributed by atoms with van der Waals surface area (Å²) in [5, 5.41) is 4.10. The van der Waals surface area contributed by atoms with Gasteiger partial charge in [0.25, 0.3) is 15.9 Å². The molecule has 0 aliphatic rings. The van der Waals surface area contributed by atoms with Crippen molar-refractivity contribution in [3.8, 4) is 0 Å². The third kappa shape index (κ3) is 5.25. The molecule has 0 saturated carbocycles. The van der Waals surface area contributed by atoms with Crippen LogP contribution in [0.2, 0.25) is 10.0 Å². The van der Waals surface area contributed by atoms with Gasteiger partial charge in [0.05, 0.1) is 27.7 Å². The van der Waals surface area contributed by atoms with Gasteiger partial charge in [-0.25, -0.2) is 13.2 Å². The number of ether oxygens (including phenoxy) is 1. The summed E-state index contributed by atoms with van der Waals surface area (Å²) in [6.07, 6.45) is 1.45. The van der Waals surface area contributed by atoms with Crippen molar-refractivity contribution >= 4 is 44.9 Å². The van der Waals surface area contributed by atoms with E-state index in [-0.39, 0.29) is 34.5 Å². The Hall–Kier alpha value is -2.88. The summed E-state index contributed by atoms with van der Waals surface area (Å²) in [4.78, 5) is 16.3. The fourth-order valence-corrected chi connectivity index (χ4v) is 4.40. The molecule has 1 aromatic heterocycles. The fourth-order valence-electron chi connectivity index (χ4n) is 2.62. The number of benzene rings is 2.